The van der Waals surface area contributed by atoms with Crippen LogP contribution in [0.3, 0.4) is 0 Å². The summed E-state index contributed by atoms with van der Waals surface area (Å²) >= 11 is 0. The molecule has 0 fully saturated rings. The molecule has 1 aromatic carbocycles. The van der Waals surface area contributed by atoms with Crippen molar-refractivity contribution >= 4 is 11.5 Å². The smallest absolute Gasteiger partial charge is 0.335 e. The normalized spacial score (nSPS) is 10.0. The fourth-order valence-electron chi connectivity index (χ4n) is 1.69. The van der Waals surface area contributed by atoms with E-state index in [1.807, 2.05) is 30.5 Å². The number of hydrogen-bond donors (Lipinski definition) is 1. The van der Waals surface area contributed by atoms with Crippen LogP contribution < -0.4 is 0 Å². The summed E-state index contributed by atoms with van der Waals surface area (Å²) in [5.41, 5.74) is 2.99. The van der Waals surface area contributed by atoms with Gasteiger partial charge in [0.05, 0.1) is 5.57 Å². The Bertz CT molecular complexity index is 559. The van der Waals surface area contributed by atoms with Crippen molar-refractivity contribution in [1.82, 2.24) is 4.98 Å². The molecule has 1 aromatic heterocycles. The summed E-state index contributed by atoms with van der Waals surface area (Å²) in [6, 6.07) is 11.3. The number of pyridine rings is 1. The molecule has 0 unspecified atom stereocenters. The van der Waals surface area contributed by atoms with E-state index in [0.29, 0.717) is 5.56 Å². The summed E-state index contributed by atoms with van der Waals surface area (Å²) in [7, 11) is 0. The summed E-state index contributed by atoms with van der Waals surface area (Å²) in [6.07, 6.45) is 4.35. The molecule has 90 valence electrons. The molecular formula is C15H13NO2. The maximum Gasteiger partial charge on any atom is 0.335 e. The van der Waals surface area contributed by atoms with Gasteiger partial charge in [-0.15, -0.1) is 0 Å². The van der Waals surface area contributed by atoms with Crippen LogP contribution in [-0.4, -0.2) is 16.1 Å². The average Bonchev–Trinajstić information content (AvgIpc) is 2.40. The number of aromatic nitrogens is 1. The zero-order valence-corrected chi connectivity index (χ0v) is 9.84. The summed E-state index contributed by atoms with van der Waals surface area (Å²) in [6.45, 7) is 3.53. The Hall–Kier alpha value is -2.42. The molecule has 0 bridgehead atoms. The third kappa shape index (κ3) is 2.83. The Morgan fingerprint density at radius 1 is 1.17 bits per heavy atom. The van der Waals surface area contributed by atoms with Crippen LogP contribution in [0.15, 0.2) is 55.4 Å². The van der Waals surface area contributed by atoms with Crippen molar-refractivity contribution in [2.24, 2.45) is 0 Å². The number of aliphatic carboxylic acids is 1. The highest BCUT2D eigenvalue weighted by Crippen LogP contribution is 2.15. The van der Waals surface area contributed by atoms with E-state index in [2.05, 4.69) is 11.6 Å². The highest BCUT2D eigenvalue weighted by molar-refractivity contribution is 6.14. The van der Waals surface area contributed by atoms with Crippen LogP contribution in [0.4, 0.5) is 0 Å². The summed E-state index contributed by atoms with van der Waals surface area (Å²) in [5, 5.41) is 8.83. The predicted molar refractivity (Wildman–Crippen MR) is 70.2 cm³/mol. The molecule has 18 heavy (non-hydrogen) atoms. The third-order valence-electron chi connectivity index (χ3n) is 2.69. The molecule has 1 N–H and O–H groups in total. The first-order valence-corrected chi connectivity index (χ1v) is 5.57. The van der Waals surface area contributed by atoms with Gasteiger partial charge in [-0.2, -0.15) is 0 Å². The molecule has 0 radical (unpaired) electrons. The second-order valence-electron chi connectivity index (χ2n) is 4.02. The van der Waals surface area contributed by atoms with E-state index in [1.165, 1.54) is 0 Å². The molecule has 0 saturated carbocycles. The molecule has 0 spiro atoms. The summed E-state index contributed by atoms with van der Waals surface area (Å²) in [4.78, 5) is 14.8. The lowest BCUT2D eigenvalue weighted by atomic mass is 10.0. The minimum Gasteiger partial charge on any atom is -0.478 e. The first kappa shape index (κ1) is 12.0. The quantitative estimate of drug-likeness (QED) is 0.834. The van der Waals surface area contributed by atoms with E-state index in [-0.39, 0.29) is 5.57 Å². The maximum absolute atomic E-state index is 10.8. The largest absolute Gasteiger partial charge is 0.478 e. The van der Waals surface area contributed by atoms with Crippen LogP contribution in [0.5, 0.6) is 0 Å². The number of nitrogens with zero attached hydrogens (tertiary/aromatic N) is 1. The Labute approximate surface area is 105 Å². The van der Waals surface area contributed by atoms with Gasteiger partial charge in [-0.3, -0.25) is 4.98 Å². The minimum absolute atomic E-state index is 0.114. The van der Waals surface area contributed by atoms with Crippen molar-refractivity contribution in [1.29, 1.82) is 0 Å². The van der Waals surface area contributed by atoms with Crippen LogP contribution in [0.25, 0.3) is 5.57 Å². The molecule has 0 aliphatic heterocycles. The molecule has 0 amide bonds. The van der Waals surface area contributed by atoms with E-state index in [9.17, 15) is 4.79 Å². The lowest BCUT2D eigenvalue weighted by Crippen LogP contribution is -1.98. The third-order valence-corrected chi connectivity index (χ3v) is 2.69. The molecule has 2 rings (SSSR count). The monoisotopic (exact) mass is 239 g/mol. The fourth-order valence-corrected chi connectivity index (χ4v) is 1.69. The Morgan fingerprint density at radius 2 is 1.89 bits per heavy atom. The standard InChI is InChI=1S/C15H13NO2/c1-11(15(17)18)14-6-4-12(5-7-14)9-13-3-2-8-16-10-13/h2-8,10H,1,9H2,(H,17,18). The van der Waals surface area contributed by atoms with Crippen molar-refractivity contribution in [2.75, 3.05) is 0 Å². The predicted octanol–water partition coefficient (Wildman–Crippen LogP) is 2.77. The van der Waals surface area contributed by atoms with Crippen molar-refractivity contribution in [3.8, 4) is 0 Å². The molecule has 3 heteroatoms. The van der Waals surface area contributed by atoms with Gasteiger partial charge in [-0.1, -0.05) is 36.9 Å². The lowest BCUT2D eigenvalue weighted by molar-refractivity contribution is -0.130. The molecule has 0 aliphatic carbocycles. The highest BCUT2D eigenvalue weighted by Gasteiger charge is 2.06. The Morgan fingerprint density at radius 3 is 2.44 bits per heavy atom. The number of rotatable bonds is 4. The molecule has 3 nitrogen and oxygen atoms in total. The molecule has 0 saturated heterocycles. The van der Waals surface area contributed by atoms with Crippen LogP contribution in [-0.2, 0) is 11.2 Å². The van der Waals surface area contributed by atoms with Gasteiger partial charge in [0.25, 0.3) is 0 Å². The van der Waals surface area contributed by atoms with Gasteiger partial charge in [0.15, 0.2) is 0 Å². The molecular weight excluding hydrogens is 226 g/mol. The van der Waals surface area contributed by atoms with Gasteiger partial charge >= 0.3 is 5.97 Å². The van der Waals surface area contributed by atoms with E-state index in [4.69, 9.17) is 5.11 Å². The van der Waals surface area contributed by atoms with Gasteiger partial charge in [-0.25, -0.2) is 4.79 Å². The van der Waals surface area contributed by atoms with Crippen LogP contribution in [0.2, 0.25) is 0 Å². The van der Waals surface area contributed by atoms with Crippen LogP contribution in [0, 0.1) is 0 Å². The summed E-state index contributed by atoms with van der Waals surface area (Å²) < 4.78 is 0. The molecule has 0 aliphatic rings. The number of benzene rings is 1. The van der Waals surface area contributed by atoms with E-state index < -0.39 is 5.97 Å². The van der Waals surface area contributed by atoms with Crippen molar-refractivity contribution < 1.29 is 9.90 Å². The van der Waals surface area contributed by atoms with Gasteiger partial charge in [0.2, 0.25) is 0 Å². The van der Waals surface area contributed by atoms with E-state index >= 15 is 0 Å². The van der Waals surface area contributed by atoms with E-state index in [0.717, 1.165) is 17.5 Å². The van der Waals surface area contributed by atoms with Gasteiger partial charge in [-0.05, 0) is 29.2 Å². The molecule has 0 atom stereocenters. The van der Waals surface area contributed by atoms with Crippen molar-refractivity contribution in [3.63, 3.8) is 0 Å². The summed E-state index contributed by atoms with van der Waals surface area (Å²) in [5.74, 6) is -0.991. The van der Waals surface area contributed by atoms with Crippen molar-refractivity contribution in [2.45, 2.75) is 6.42 Å². The second-order valence-corrected chi connectivity index (χ2v) is 4.02. The Kier molecular flexibility index (Phi) is 3.53. The van der Waals surface area contributed by atoms with Crippen molar-refractivity contribution in [3.05, 3.63) is 72.1 Å². The minimum atomic E-state index is -0.991. The number of carboxylic acid groups (broad SMARTS) is 1. The van der Waals surface area contributed by atoms with Crippen LogP contribution >= 0.6 is 0 Å². The SMILES string of the molecule is C=C(C(=O)O)c1ccc(Cc2cccnc2)cc1. The highest BCUT2D eigenvalue weighted by atomic mass is 16.4. The Balaban J connectivity index is 2.13. The van der Waals surface area contributed by atoms with Gasteiger partial charge < -0.3 is 5.11 Å². The maximum atomic E-state index is 10.8. The van der Waals surface area contributed by atoms with Crippen LogP contribution in [0.1, 0.15) is 16.7 Å². The number of hydrogen-bond acceptors (Lipinski definition) is 2. The number of carboxylic acids is 1. The first-order valence-electron chi connectivity index (χ1n) is 5.57. The topological polar surface area (TPSA) is 50.2 Å². The van der Waals surface area contributed by atoms with E-state index in [1.54, 1.807) is 18.3 Å². The number of carbonyl (C=O) groups is 1. The molecule has 1 heterocycles. The van der Waals surface area contributed by atoms with Gasteiger partial charge in [0.1, 0.15) is 0 Å². The first-order chi connectivity index (χ1) is 8.66. The zero-order chi connectivity index (χ0) is 13.0. The zero-order valence-electron chi connectivity index (χ0n) is 9.84. The lowest BCUT2D eigenvalue weighted by Gasteiger charge is -2.04. The molecule has 2 aromatic rings. The van der Waals surface area contributed by atoms with Gasteiger partial charge in [0, 0.05) is 12.4 Å². The fraction of sp³-hybridized carbons (Fsp3) is 0.0667. The average molecular weight is 239 g/mol. The second kappa shape index (κ2) is 5.27.